The van der Waals surface area contributed by atoms with Crippen LogP contribution in [-0.4, -0.2) is 27.4 Å². The van der Waals surface area contributed by atoms with E-state index >= 15 is 0 Å². The van der Waals surface area contributed by atoms with Crippen LogP contribution in [0.5, 0.6) is 11.5 Å². The summed E-state index contributed by atoms with van der Waals surface area (Å²) in [6, 6.07) is 5.78. The van der Waals surface area contributed by atoms with Crippen molar-refractivity contribution in [3.05, 3.63) is 29.7 Å². The van der Waals surface area contributed by atoms with E-state index in [2.05, 4.69) is 0 Å². The molecule has 0 fully saturated rings. The molecule has 0 radical (unpaired) electrons. The molecule has 0 spiro atoms. The van der Waals surface area contributed by atoms with E-state index in [4.69, 9.17) is 14.5 Å². The van der Waals surface area contributed by atoms with E-state index in [0.717, 1.165) is 34.3 Å². The number of fused-ring (bicyclic) bond motifs is 2. The fourth-order valence-electron chi connectivity index (χ4n) is 3.16. The van der Waals surface area contributed by atoms with Crippen LogP contribution in [0.1, 0.15) is 17.9 Å². The molecule has 1 aromatic heterocycles. The molecule has 6 nitrogen and oxygen atoms in total. The Balaban J connectivity index is 1.74. The Morgan fingerprint density at radius 3 is 3.00 bits per heavy atom. The van der Waals surface area contributed by atoms with Gasteiger partial charge in [-0.25, -0.2) is 4.98 Å². The first-order chi connectivity index (χ1) is 10.6. The second-order valence-electron chi connectivity index (χ2n) is 5.71. The van der Waals surface area contributed by atoms with Crippen molar-refractivity contribution in [3.63, 3.8) is 0 Å². The molecule has 4 rings (SSSR count). The van der Waals surface area contributed by atoms with Crippen LogP contribution < -0.4 is 9.47 Å². The van der Waals surface area contributed by atoms with Gasteiger partial charge in [0.1, 0.15) is 5.82 Å². The summed E-state index contributed by atoms with van der Waals surface area (Å²) in [4.78, 5) is 15.9. The Morgan fingerprint density at radius 2 is 2.18 bits per heavy atom. The van der Waals surface area contributed by atoms with Crippen molar-refractivity contribution in [1.82, 2.24) is 9.55 Å². The van der Waals surface area contributed by atoms with Crippen LogP contribution in [0.2, 0.25) is 0 Å². The minimum atomic E-state index is -0.733. The van der Waals surface area contributed by atoms with Crippen LogP contribution in [-0.2, 0) is 17.8 Å². The Morgan fingerprint density at radius 1 is 1.36 bits per heavy atom. The summed E-state index contributed by atoms with van der Waals surface area (Å²) < 4.78 is 12.8. The average Bonchev–Trinajstić information content (AvgIpc) is 3.11. The highest BCUT2D eigenvalue weighted by Crippen LogP contribution is 2.37. The van der Waals surface area contributed by atoms with Crippen molar-refractivity contribution >= 4 is 5.97 Å². The zero-order valence-electron chi connectivity index (χ0n) is 12.2. The lowest BCUT2D eigenvalue weighted by Gasteiger charge is -2.21. The maximum Gasteiger partial charge on any atom is 0.308 e. The standard InChI is InChI=1S/C16H16N2O4/c1-9-15(10-2-4-12-13(6-10)22-8-21-12)17-14-5-3-11(16(19)20)7-18(9)14/h2,4,6,11H,3,5,7-8H2,1H3,(H,19,20). The SMILES string of the molecule is Cc1c(-c2ccc3c(c2)OCO3)nc2n1CC(C(=O)O)CC2. The second kappa shape index (κ2) is 4.76. The maximum absolute atomic E-state index is 11.2. The maximum atomic E-state index is 11.2. The molecule has 1 unspecified atom stereocenters. The minimum absolute atomic E-state index is 0.248. The monoisotopic (exact) mass is 300 g/mol. The highest BCUT2D eigenvalue weighted by molar-refractivity contribution is 5.71. The Hall–Kier alpha value is -2.50. The molecule has 3 heterocycles. The number of aryl methyl sites for hydroxylation is 1. The van der Waals surface area contributed by atoms with Crippen molar-refractivity contribution < 1.29 is 19.4 Å². The van der Waals surface area contributed by atoms with Gasteiger partial charge in [0.2, 0.25) is 6.79 Å². The number of aliphatic carboxylic acids is 1. The smallest absolute Gasteiger partial charge is 0.308 e. The van der Waals surface area contributed by atoms with Gasteiger partial charge in [-0.3, -0.25) is 4.79 Å². The third kappa shape index (κ3) is 1.94. The molecular weight excluding hydrogens is 284 g/mol. The van der Waals surface area contributed by atoms with E-state index in [1.165, 1.54) is 0 Å². The molecule has 0 aliphatic carbocycles. The first-order valence-electron chi connectivity index (χ1n) is 7.32. The summed E-state index contributed by atoms with van der Waals surface area (Å²) in [5, 5.41) is 9.22. The van der Waals surface area contributed by atoms with E-state index in [1.54, 1.807) is 0 Å². The van der Waals surface area contributed by atoms with E-state index in [-0.39, 0.29) is 12.7 Å². The number of ether oxygens (including phenoxy) is 2. The first kappa shape index (κ1) is 13.2. The van der Waals surface area contributed by atoms with Gasteiger partial charge in [0.25, 0.3) is 0 Å². The van der Waals surface area contributed by atoms with Crippen LogP contribution >= 0.6 is 0 Å². The number of hydrogen-bond donors (Lipinski definition) is 1. The average molecular weight is 300 g/mol. The summed E-state index contributed by atoms with van der Waals surface area (Å²) in [7, 11) is 0. The van der Waals surface area contributed by atoms with E-state index in [1.807, 2.05) is 29.7 Å². The molecule has 2 aliphatic rings. The fourth-order valence-corrected chi connectivity index (χ4v) is 3.16. The molecule has 2 aromatic rings. The van der Waals surface area contributed by atoms with Crippen LogP contribution in [0.4, 0.5) is 0 Å². The number of rotatable bonds is 2. The summed E-state index contributed by atoms with van der Waals surface area (Å²) >= 11 is 0. The second-order valence-corrected chi connectivity index (χ2v) is 5.71. The van der Waals surface area contributed by atoms with E-state index < -0.39 is 5.97 Å². The summed E-state index contributed by atoms with van der Waals surface area (Å²) in [6.45, 7) is 2.73. The third-order valence-corrected chi connectivity index (χ3v) is 4.41. The number of imidazole rings is 1. The molecule has 114 valence electrons. The number of hydrogen-bond acceptors (Lipinski definition) is 4. The van der Waals surface area contributed by atoms with Crippen molar-refractivity contribution in [2.24, 2.45) is 5.92 Å². The summed E-state index contributed by atoms with van der Waals surface area (Å²) in [6.07, 6.45) is 1.34. The number of nitrogens with zero attached hydrogens (tertiary/aromatic N) is 2. The van der Waals surface area contributed by atoms with Gasteiger partial charge in [-0.1, -0.05) is 0 Å². The van der Waals surface area contributed by atoms with Crippen molar-refractivity contribution in [2.75, 3.05) is 6.79 Å². The van der Waals surface area contributed by atoms with Gasteiger partial charge in [0.05, 0.1) is 11.6 Å². The molecule has 6 heteroatoms. The Labute approximate surface area is 127 Å². The van der Waals surface area contributed by atoms with Gasteiger partial charge in [0.15, 0.2) is 11.5 Å². The zero-order valence-corrected chi connectivity index (χ0v) is 12.2. The van der Waals surface area contributed by atoms with Crippen LogP contribution in [0, 0.1) is 12.8 Å². The summed E-state index contributed by atoms with van der Waals surface area (Å²) in [5.41, 5.74) is 2.86. The van der Waals surface area contributed by atoms with Gasteiger partial charge in [-0.2, -0.15) is 0 Å². The van der Waals surface area contributed by atoms with Gasteiger partial charge < -0.3 is 19.1 Å². The number of carboxylic acids is 1. The molecule has 1 N–H and O–H groups in total. The van der Waals surface area contributed by atoms with E-state index in [9.17, 15) is 9.90 Å². The quantitative estimate of drug-likeness (QED) is 0.920. The normalized spacial score (nSPS) is 19.0. The number of aromatic nitrogens is 2. The van der Waals surface area contributed by atoms with Crippen LogP contribution in [0.3, 0.4) is 0 Å². The van der Waals surface area contributed by atoms with Gasteiger partial charge >= 0.3 is 5.97 Å². The molecule has 1 aromatic carbocycles. The predicted molar refractivity (Wildman–Crippen MR) is 78.0 cm³/mol. The molecular formula is C16H16N2O4. The lowest BCUT2D eigenvalue weighted by Crippen LogP contribution is -2.27. The number of carboxylic acid groups (broad SMARTS) is 1. The third-order valence-electron chi connectivity index (χ3n) is 4.41. The van der Waals surface area contributed by atoms with E-state index in [0.29, 0.717) is 19.4 Å². The zero-order chi connectivity index (χ0) is 15.3. The van der Waals surface area contributed by atoms with Crippen LogP contribution in [0.15, 0.2) is 18.2 Å². The molecule has 1 atom stereocenters. The largest absolute Gasteiger partial charge is 0.481 e. The molecule has 0 bridgehead atoms. The predicted octanol–water partition coefficient (Wildman–Crippen LogP) is 2.23. The lowest BCUT2D eigenvalue weighted by molar-refractivity contribution is -0.142. The molecule has 22 heavy (non-hydrogen) atoms. The van der Waals surface area contributed by atoms with Gasteiger partial charge in [-0.15, -0.1) is 0 Å². The van der Waals surface area contributed by atoms with Gasteiger partial charge in [-0.05, 0) is 31.5 Å². The number of carbonyl (C=O) groups is 1. The van der Waals surface area contributed by atoms with Crippen LogP contribution in [0.25, 0.3) is 11.3 Å². The molecule has 0 saturated heterocycles. The first-order valence-corrected chi connectivity index (χ1v) is 7.32. The molecule has 0 amide bonds. The Kier molecular flexibility index (Phi) is 2.85. The molecule has 2 aliphatic heterocycles. The Bertz CT molecular complexity index is 766. The summed E-state index contributed by atoms with van der Waals surface area (Å²) in [5.74, 6) is 1.37. The van der Waals surface area contributed by atoms with Crippen molar-refractivity contribution in [3.8, 4) is 22.8 Å². The highest BCUT2D eigenvalue weighted by atomic mass is 16.7. The minimum Gasteiger partial charge on any atom is -0.481 e. The topological polar surface area (TPSA) is 73.6 Å². The lowest BCUT2D eigenvalue weighted by atomic mass is 9.99. The van der Waals surface area contributed by atoms with Gasteiger partial charge in [0, 0.05) is 24.2 Å². The number of benzene rings is 1. The fraction of sp³-hybridized carbons (Fsp3) is 0.375. The van der Waals surface area contributed by atoms with Crippen molar-refractivity contribution in [1.29, 1.82) is 0 Å². The molecule has 0 saturated carbocycles. The highest BCUT2D eigenvalue weighted by Gasteiger charge is 2.28. The van der Waals surface area contributed by atoms with Crippen molar-refractivity contribution in [2.45, 2.75) is 26.3 Å².